The Morgan fingerprint density at radius 1 is 0.289 bits per heavy atom. The highest BCUT2D eigenvalue weighted by Gasteiger charge is 2.87. The Hall–Kier alpha value is -1.04. The Morgan fingerprint density at radius 3 is 0.658 bits per heavy atom. The van der Waals surface area contributed by atoms with E-state index in [0.717, 1.165) is 129 Å². The lowest BCUT2D eigenvalue weighted by Gasteiger charge is -2.53. The fourth-order valence-electron chi connectivity index (χ4n) is 21.0. The van der Waals surface area contributed by atoms with Crippen LogP contribution in [0.4, 0.5) is 0 Å². The van der Waals surface area contributed by atoms with Crippen molar-refractivity contribution in [1.82, 2.24) is 0 Å². The number of rotatable bonds is 0. The van der Waals surface area contributed by atoms with Gasteiger partial charge in [-0.3, -0.25) is 0 Å². The first kappa shape index (κ1) is 18.4. The summed E-state index contributed by atoms with van der Waals surface area (Å²) in [6, 6.07) is 0. The van der Waals surface area contributed by atoms with Crippen molar-refractivity contribution in [1.29, 1.82) is 0 Å². The van der Waals surface area contributed by atoms with Crippen molar-refractivity contribution >= 4 is 0 Å². The molecule has 0 aromatic carbocycles. The minimum Gasteiger partial charge on any atom is -0.0845 e. The van der Waals surface area contributed by atoms with Crippen LogP contribution in [0.15, 0.2) is 48.6 Å². The molecule has 192 valence electrons. The fourth-order valence-corrected chi connectivity index (χ4v) is 21.0. The molecule has 0 aromatic heterocycles. The molecule has 0 radical (unpaired) electrons. The smallest absolute Gasteiger partial charge is 0.0165 e. The van der Waals surface area contributed by atoms with E-state index in [-0.39, 0.29) is 0 Å². The minimum absolute atomic E-state index is 0.887. The largest absolute Gasteiger partial charge is 0.0845 e. The molecule has 0 N–H and O–H groups in total. The van der Waals surface area contributed by atoms with E-state index in [4.69, 9.17) is 0 Å². The van der Waals surface area contributed by atoms with Crippen molar-refractivity contribution in [2.45, 2.75) is 25.7 Å². The zero-order valence-corrected chi connectivity index (χ0v) is 22.3. The van der Waals surface area contributed by atoms with Crippen LogP contribution >= 0.6 is 0 Å². The molecule has 2 spiro atoms. The minimum atomic E-state index is 0.887. The van der Waals surface area contributed by atoms with Gasteiger partial charge < -0.3 is 0 Å². The van der Waals surface area contributed by atoms with Crippen LogP contribution in [-0.2, 0) is 0 Å². The Balaban J connectivity index is 0.0000000889. The summed E-state index contributed by atoms with van der Waals surface area (Å²) in [7, 11) is 0. The molecule has 0 aliphatic heterocycles. The van der Waals surface area contributed by atoms with E-state index in [1.54, 1.807) is 25.7 Å². The summed E-state index contributed by atoms with van der Waals surface area (Å²) in [6.45, 7) is 0. The molecule has 0 nitrogen and oxygen atoms in total. The van der Waals surface area contributed by atoms with Gasteiger partial charge in [0.05, 0.1) is 0 Å². The Bertz CT molecular complexity index is 1140. The molecule has 20 aliphatic carbocycles. The van der Waals surface area contributed by atoms with E-state index in [9.17, 15) is 0 Å². The molecule has 0 heterocycles. The summed E-state index contributed by atoms with van der Waals surface area (Å²) < 4.78 is 0. The first-order valence-electron chi connectivity index (χ1n) is 17.5. The lowest BCUT2D eigenvalue weighted by atomic mass is 9.51. The topological polar surface area (TPSA) is 0 Å². The molecule has 38 heavy (non-hydrogen) atoms. The molecular formula is C38H40. The van der Waals surface area contributed by atoms with E-state index in [1.165, 1.54) is 23.7 Å². The van der Waals surface area contributed by atoms with Gasteiger partial charge >= 0.3 is 0 Å². The zero-order valence-electron chi connectivity index (χ0n) is 22.3. The first-order valence-corrected chi connectivity index (χ1v) is 17.5. The maximum Gasteiger partial charge on any atom is -0.0165 e. The lowest BCUT2D eigenvalue weighted by molar-refractivity contribution is -0.0463. The summed E-state index contributed by atoms with van der Waals surface area (Å²) in [5.41, 5.74) is 1.77. The molecular weight excluding hydrogens is 456 g/mol. The maximum atomic E-state index is 2.66. The third-order valence-electron chi connectivity index (χ3n) is 19.9. The highest BCUT2D eigenvalue weighted by atomic mass is 14.9. The zero-order chi connectivity index (χ0) is 23.3. The van der Waals surface area contributed by atoms with E-state index >= 15 is 0 Å². The molecule has 0 aromatic rings. The quantitative estimate of drug-likeness (QED) is 0.326. The standard InChI is InChI=1S/2C19H20/c2*1-2-8-11-5-19-6-12-9-3-4-10(12)16-15(9)17(19)13(7(1)11)14(8)18(16)19/h2*1-4,7-18H,5-6H2/t2*7-,8+,9+,10-,11?,12?,13+,14-,15-,16+,17?,18?,19?. The number of hydrogen-bond acceptors (Lipinski definition) is 0. The van der Waals surface area contributed by atoms with Crippen LogP contribution in [0.5, 0.6) is 0 Å². The second kappa shape index (κ2) is 4.87. The Morgan fingerprint density at radius 2 is 0.474 bits per heavy atom. The molecule has 26 bridgehead atoms. The van der Waals surface area contributed by atoms with Crippen molar-refractivity contribution < 1.29 is 0 Å². The molecule has 8 unspecified atom stereocenters. The van der Waals surface area contributed by atoms with Gasteiger partial charge in [-0.25, -0.2) is 0 Å². The second-order valence-electron chi connectivity index (χ2n) is 18.8. The molecule has 20 rings (SSSR count). The van der Waals surface area contributed by atoms with Crippen molar-refractivity contribution in [2.24, 2.45) is 153 Å². The average Bonchev–Trinajstić information content (AvgIpc) is 3.82. The molecule has 0 saturated heterocycles. The predicted octanol–water partition coefficient (Wildman–Crippen LogP) is 6.74. The predicted molar refractivity (Wildman–Crippen MR) is 144 cm³/mol. The van der Waals surface area contributed by atoms with Crippen molar-refractivity contribution in [2.75, 3.05) is 0 Å². The fraction of sp³-hybridized carbons (Fsp3) is 0.789. The summed E-state index contributed by atoms with van der Waals surface area (Å²) in [6.07, 6.45) is 27.9. The van der Waals surface area contributed by atoms with Gasteiger partial charge in [-0.15, -0.1) is 0 Å². The van der Waals surface area contributed by atoms with Crippen LogP contribution in [0.2, 0.25) is 0 Å². The van der Waals surface area contributed by atoms with Crippen LogP contribution < -0.4 is 0 Å². The SMILES string of the molecule is C1=C[C@H]2C3CC45CC6[C@H]7C=C[C@@H]6[C@H]6C4[C@H]([C@@H]2C5[C@H]67)[C@H]13.C1=C[C@H]2C3CC45CC6[C@H]7C=C[C@@H]6[C@H]6C4[C@H]([C@@H]2C5[C@H]67)[C@H]13. The lowest BCUT2D eigenvalue weighted by Crippen LogP contribution is -2.48. The normalized spacial score (nSPS) is 84.2. The van der Waals surface area contributed by atoms with Crippen molar-refractivity contribution in [3.05, 3.63) is 48.6 Å². The van der Waals surface area contributed by atoms with Gasteiger partial charge in [0.2, 0.25) is 0 Å². The van der Waals surface area contributed by atoms with Gasteiger partial charge in [0.25, 0.3) is 0 Å². The van der Waals surface area contributed by atoms with Gasteiger partial charge in [-0.2, -0.15) is 0 Å². The molecule has 0 amide bonds. The van der Waals surface area contributed by atoms with E-state index in [1.807, 2.05) is 0 Å². The summed E-state index contributed by atoms with van der Waals surface area (Å²) in [5.74, 6) is 26.8. The molecule has 16 fully saturated rings. The van der Waals surface area contributed by atoms with Crippen LogP contribution in [0.3, 0.4) is 0 Å². The van der Waals surface area contributed by atoms with Gasteiger partial charge in [0.1, 0.15) is 0 Å². The van der Waals surface area contributed by atoms with Crippen LogP contribution in [0, 0.1) is 153 Å². The second-order valence-corrected chi connectivity index (χ2v) is 18.8. The molecule has 0 heteroatoms. The Kier molecular flexibility index (Phi) is 2.36. The van der Waals surface area contributed by atoms with Crippen LogP contribution in [-0.4, -0.2) is 0 Å². The number of allylic oxidation sites excluding steroid dienone is 8. The highest BCUT2D eigenvalue weighted by molar-refractivity contribution is 5.42. The molecule has 16 saturated carbocycles. The Labute approximate surface area is 226 Å². The number of hydrogen-bond donors (Lipinski definition) is 0. The van der Waals surface area contributed by atoms with Crippen molar-refractivity contribution in [3.8, 4) is 0 Å². The summed E-state index contributed by atoms with van der Waals surface area (Å²) in [4.78, 5) is 0. The van der Waals surface area contributed by atoms with Gasteiger partial charge in [-0.1, -0.05) is 48.6 Å². The third kappa shape index (κ3) is 1.32. The van der Waals surface area contributed by atoms with Crippen molar-refractivity contribution in [3.63, 3.8) is 0 Å². The first-order chi connectivity index (χ1) is 18.8. The molecule has 20 aliphatic rings. The van der Waals surface area contributed by atoms with E-state index in [2.05, 4.69) is 48.6 Å². The van der Waals surface area contributed by atoms with Crippen LogP contribution in [0.1, 0.15) is 25.7 Å². The monoisotopic (exact) mass is 496 g/mol. The van der Waals surface area contributed by atoms with Gasteiger partial charge in [-0.05, 0) is 179 Å². The molecule has 24 atom stereocenters. The highest BCUT2D eigenvalue weighted by Crippen LogP contribution is 2.92. The van der Waals surface area contributed by atoms with Gasteiger partial charge in [0.15, 0.2) is 0 Å². The maximum absolute atomic E-state index is 2.66. The summed E-state index contributed by atoms with van der Waals surface area (Å²) in [5, 5.41) is 0. The van der Waals surface area contributed by atoms with E-state index in [0.29, 0.717) is 0 Å². The third-order valence-corrected chi connectivity index (χ3v) is 19.9. The van der Waals surface area contributed by atoms with Crippen LogP contribution in [0.25, 0.3) is 0 Å². The summed E-state index contributed by atoms with van der Waals surface area (Å²) >= 11 is 0. The van der Waals surface area contributed by atoms with Gasteiger partial charge in [0, 0.05) is 0 Å². The van der Waals surface area contributed by atoms with E-state index < -0.39 is 0 Å². The average molecular weight is 497 g/mol.